The van der Waals surface area contributed by atoms with Gasteiger partial charge in [-0.25, -0.2) is 13.9 Å². The summed E-state index contributed by atoms with van der Waals surface area (Å²) in [5.41, 5.74) is 4.75. The third-order valence-corrected chi connectivity index (χ3v) is 8.50. The smallest absolute Gasteiger partial charge is 0.155 e. The maximum Gasteiger partial charge on any atom is 0.155 e. The van der Waals surface area contributed by atoms with E-state index in [2.05, 4.69) is 37.6 Å². The van der Waals surface area contributed by atoms with Gasteiger partial charge in [0.15, 0.2) is 5.82 Å². The summed E-state index contributed by atoms with van der Waals surface area (Å²) in [6, 6.07) is 13.0. The molecular formula is C29H27FN8OS. The Hall–Kier alpha value is -4.11. The number of aromatic nitrogens is 6. The number of aliphatic hydroxyl groups excluding tert-OH is 1. The second-order valence-electron chi connectivity index (χ2n) is 9.76. The molecule has 9 nitrogen and oxygen atoms in total. The van der Waals surface area contributed by atoms with Crippen LogP contribution in [0.4, 0.5) is 4.39 Å². The van der Waals surface area contributed by atoms with E-state index in [9.17, 15) is 14.8 Å². The van der Waals surface area contributed by atoms with Gasteiger partial charge in [-0.15, -0.1) is 0 Å². The summed E-state index contributed by atoms with van der Waals surface area (Å²) in [6.07, 6.45) is 10.4. The molecule has 40 heavy (non-hydrogen) atoms. The van der Waals surface area contributed by atoms with Crippen LogP contribution in [0, 0.1) is 24.1 Å². The Morgan fingerprint density at radius 1 is 1.12 bits per heavy atom. The van der Waals surface area contributed by atoms with Crippen molar-refractivity contribution in [3.8, 4) is 17.2 Å². The minimum atomic E-state index is -0.420. The predicted octanol–water partition coefficient (Wildman–Crippen LogP) is 4.83. The van der Waals surface area contributed by atoms with Gasteiger partial charge in [0.05, 0.1) is 47.9 Å². The van der Waals surface area contributed by atoms with Crippen LogP contribution in [-0.2, 0) is 0 Å². The van der Waals surface area contributed by atoms with E-state index in [0.29, 0.717) is 16.0 Å². The van der Waals surface area contributed by atoms with Crippen LogP contribution in [0.25, 0.3) is 16.6 Å². The summed E-state index contributed by atoms with van der Waals surface area (Å²) in [4.78, 5) is 11.6. The van der Waals surface area contributed by atoms with Gasteiger partial charge in [0.2, 0.25) is 0 Å². The van der Waals surface area contributed by atoms with Gasteiger partial charge in [0.1, 0.15) is 11.1 Å². The monoisotopic (exact) mass is 554 g/mol. The van der Waals surface area contributed by atoms with E-state index in [4.69, 9.17) is 5.10 Å². The van der Waals surface area contributed by atoms with E-state index in [0.717, 1.165) is 48.4 Å². The molecule has 1 fully saturated rings. The Labute approximate surface area is 234 Å². The quantitative estimate of drug-likeness (QED) is 0.305. The van der Waals surface area contributed by atoms with Crippen LogP contribution in [0.2, 0.25) is 0 Å². The van der Waals surface area contributed by atoms with Gasteiger partial charge in [-0.1, -0.05) is 17.8 Å². The lowest BCUT2D eigenvalue weighted by Gasteiger charge is -2.37. The second-order valence-corrected chi connectivity index (χ2v) is 10.8. The van der Waals surface area contributed by atoms with Crippen LogP contribution < -0.4 is 0 Å². The van der Waals surface area contributed by atoms with Crippen LogP contribution in [0.1, 0.15) is 41.9 Å². The number of nitrogens with zero attached hydrogens (tertiary/aromatic N) is 8. The van der Waals surface area contributed by atoms with Crippen LogP contribution in [0.3, 0.4) is 0 Å². The minimum absolute atomic E-state index is 0.0266. The van der Waals surface area contributed by atoms with E-state index in [1.807, 2.05) is 36.7 Å². The number of rotatable bonds is 7. The van der Waals surface area contributed by atoms with E-state index in [-0.39, 0.29) is 23.7 Å². The average molecular weight is 555 g/mol. The molecule has 0 aliphatic carbocycles. The number of halogens is 1. The molecule has 6 heterocycles. The first-order chi connectivity index (χ1) is 19.6. The van der Waals surface area contributed by atoms with Crippen molar-refractivity contribution >= 4 is 17.3 Å². The number of hydrogen-bond donors (Lipinski definition) is 1. The Balaban J connectivity index is 1.27. The molecule has 11 heteroatoms. The fraction of sp³-hybridized carbons (Fsp3) is 0.276. The summed E-state index contributed by atoms with van der Waals surface area (Å²) in [5.74, 6) is -0.420. The maximum absolute atomic E-state index is 14.5. The molecule has 1 aliphatic heterocycles. The lowest BCUT2D eigenvalue weighted by atomic mass is 10.0. The van der Waals surface area contributed by atoms with Crippen LogP contribution in [0.15, 0.2) is 77.3 Å². The van der Waals surface area contributed by atoms with E-state index in [1.165, 1.54) is 24.0 Å². The number of likely N-dealkylation sites (tertiary alicyclic amines) is 1. The topological polar surface area (TPSA) is 108 Å². The van der Waals surface area contributed by atoms with E-state index >= 15 is 0 Å². The van der Waals surface area contributed by atoms with Gasteiger partial charge in [-0.3, -0.25) is 14.6 Å². The first-order valence-electron chi connectivity index (χ1n) is 13.1. The Morgan fingerprint density at radius 3 is 2.67 bits per heavy atom. The molecule has 0 spiro atoms. The highest BCUT2D eigenvalue weighted by molar-refractivity contribution is 7.99. The first kappa shape index (κ1) is 26.1. The summed E-state index contributed by atoms with van der Waals surface area (Å²) >= 11 is 1.17. The number of nitriles is 1. The van der Waals surface area contributed by atoms with E-state index < -0.39 is 5.82 Å². The van der Waals surface area contributed by atoms with Gasteiger partial charge in [-0.05, 0) is 50.1 Å². The minimum Gasteiger partial charge on any atom is -0.394 e. The summed E-state index contributed by atoms with van der Waals surface area (Å²) in [7, 11) is 0. The molecule has 5 aromatic rings. The molecular weight excluding hydrogens is 527 g/mol. The molecule has 6 rings (SSSR count). The third-order valence-electron chi connectivity index (χ3n) is 7.47. The SMILES string of the molecule is Cc1c(-c2cc(Sc3ncccc3F)c3c(C#N)cnn3c2)cnn1C1CCN([C@H](CO)c2ccccn2)CC1. The highest BCUT2D eigenvalue weighted by Gasteiger charge is 2.29. The number of fused-ring (bicyclic) bond motifs is 1. The molecule has 0 unspecified atom stereocenters. The fourth-order valence-electron chi connectivity index (χ4n) is 5.43. The first-order valence-corrected chi connectivity index (χ1v) is 13.9. The van der Waals surface area contributed by atoms with Crippen LogP contribution in [-0.4, -0.2) is 59.1 Å². The van der Waals surface area contributed by atoms with Crippen molar-refractivity contribution in [2.24, 2.45) is 0 Å². The van der Waals surface area contributed by atoms with Crippen molar-refractivity contribution in [1.29, 1.82) is 5.26 Å². The van der Waals surface area contributed by atoms with Crippen molar-refractivity contribution in [3.05, 3.63) is 90.2 Å². The highest BCUT2D eigenvalue weighted by Crippen LogP contribution is 2.37. The molecule has 0 aromatic carbocycles. The van der Waals surface area contributed by atoms with E-state index in [1.54, 1.807) is 23.0 Å². The lowest BCUT2D eigenvalue weighted by molar-refractivity contribution is 0.0833. The zero-order valence-electron chi connectivity index (χ0n) is 21.9. The summed E-state index contributed by atoms with van der Waals surface area (Å²) in [5, 5.41) is 29.1. The van der Waals surface area contributed by atoms with Crippen molar-refractivity contribution < 1.29 is 9.50 Å². The maximum atomic E-state index is 14.5. The number of aliphatic hydroxyl groups is 1. The fourth-order valence-corrected chi connectivity index (χ4v) is 6.40. The van der Waals surface area contributed by atoms with Crippen LogP contribution in [0.5, 0.6) is 0 Å². The van der Waals surface area contributed by atoms with Crippen molar-refractivity contribution in [2.45, 2.75) is 41.8 Å². The zero-order chi connectivity index (χ0) is 27.6. The molecule has 0 bridgehead atoms. The third kappa shape index (κ3) is 4.86. The Bertz CT molecular complexity index is 1690. The largest absolute Gasteiger partial charge is 0.394 e. The standard InChI is InChI=1S/C29H27FN8OS/c1-19-23(16-35-38(19)22-7-11-36(12-8-22)26(18-39)25-6-2-3-9-32-25)20-13-27(40-29-24(30)5-4-10-33-29)28-21(14-31)15-34-37(28)17-20/h2-6,9-10,13,15-17,22,26,39H,7-8,11-12,18H2,1H3/t26-/m1/s1. The van der Waals surface area contributed by atoms with Crippen molar-refractivity contribution in [3.63, 3.8) is 0 Å². The lowest BCUT2D eigenvalue weighted by Crippen LogP contribution is -2.39. The summed E-state index contributed by atoms with van der Waals surface area (Å²) < 4.78 is 18.2. The molecule has 5 aromatic heterocycles. The molecule has 0 radical (unpaired) electrons. The van der Waals surface area contributed by atoms with Gasteiger partial charge < -0.3 is 5.11 Å². The molecule has 1 aliphatic rings. The van der Waals surface area contributed by atoms with Crippen molar-refractivity contribution in [2.75, 3.05) is 19.7 Å². The van der Waals surface area contributed by atoms with Gasteiger partial charge in [-0.2, -0.15) is 15.5 Å². The molecule has 1 N–H and O–H groups in total. The normalized spacial score (nSPS) is 15.3. The van der Waals surface area contributed by atoms with Gasteiger partial charge >= 0.3 is 0 Å². The predicted molar refractivity (Wildman–Crippen MR) is 148 cm³/mol. The van der Waals surface area contributed by atoms with Crippen molar-refractivity contribution in [1.82, 2.24) is 34.3 Å². The molecule has 0 saturated carbocycles. The number of hydrogen-bond acceptors (Lipinski definition) is 8. The number of pyridine rings is 3. The molecule has 1 saturated heterocycles. The average Bonchev–Trinajstić information content (AvgIpc) is 3.59. The summed E-state index contributed by atoms with van der Waals surface area (Å²) in [6.45, 7) is 3.73. The molecule has 1 atom stereocenters. The van der Waals surface area contributed by atoms with Gasteiger partial charge in [0, 0.05) is 53.4 Å². The zero-order valence-corrected chi connectivity index (χ0v) is 22.7. The second kappa shape index (κ2) is 11.2. The Morgan fingerprint density at radius 2 is 1.95 bits per heavy atom. The van der Waals surface area contributed by atoms with Gasteiger partial charge in [0.25, 0.3) is 0 Å². The van der Waals surface area contributed by atoms with Crippen LogP contribution >= 0.6 is 11.8 Å². The molecule has 202 valence electrons. The Kier molecular flexibility index (Phi) is 7.30. The highest BCUT2D eigenvalue weighted by atomic mass is 32.2. The number of piperidine rings is 1. The molecule has 0 amide bonds.